The number of benzene rings is 2. The number of halogens is 2. The Hall–Kier alpha value is -1.69. The minimum Gasteiger partial charge on any atom is -0.364 e. The Morgan fingerprint density at radius 2 is 1.91 bits per heavy atom. The van der Waals surface area contributed by atoms with E-state index < -0.39 is 0 Å². The molecule has 0 fully saturated rings. The summed E-state index contributed by atoms with van der Waals surface area (Å²) < 4.78 is 8.32. The molecule has 6 heteroatoms. The van der Waals surface area contributed by atoms with Gasteiger partial charge in [-0.2, -0.15) is 0 Å². The fourth-order valence-electron chi connectivity index (χ4n) is 2.37. The quantitative estimate of drug-likeness (QED) is 0.639. The number of aromatic nitrogens is 3. The highest BCUT2D eigenvalue weighted by molar-refractivity contribution is 9.10. The molecule has 1 heterocycles. The first-order valence-electron chi connectivity index (χ1n) is 7.09. The second kappa shape index (κ2) is 7.25. The third-order valence-corrected chi connectivity index (χ3v) is 4.20. The van der Waals surface area contributed by atoms with Crippen LogP contribution in [-0.2, 0) is 17.9 Å². The lowest BCUT2D eigenvalue weighted by molar-refractivity contribution is 0.130. The summed E-state index contributed by atoms with van der Waals surface area (Å²) in [5.74, 6) is 1.63. The van der Waals surface area contributed by atoms with Crippen LogP contribution in [0.5, 0.6) is 0 Å². The zero-order chi connectivity index (χ0) is 16.2. The highest BCUT2D eigenvalue weighted by Crippen LogP contribution is 2.22. The molecule has 0 saturated carbocycles. The first-order valence-corrected chi connectivity index (χ1v) is 8.26. The number of methoxy groups -OCH3 is 1. The van der Waals surface area contributed by atoms with Gasteiger partial charge in [-0.1, -0.05) is 51.8 Å². The van der Waals surface area contributed by atoms with E-state index >= 15 is 0 Å². The molecule has 118 valence electrons. The number of hydrogen-bond acceptors (Lipinski definition) is 3. The van der Waals surface area contributed by atoms with Crippen LogP contribution in [0.25, 0.3) is 11.4 Å². The molecule has 0 bridgehead atoms. The molecule has 0 aliphatic heterocycles. The molecular formula is C17H15BrClN3O. The largest absolute Gasteiger partial charge is 0.364 e. The molecule has 0 saturated heterocycles. The lowest BCUT2D eigenvalue weighted by atomic mass is 10.1. The summed E-state index contributed by atoms with van der Waals surface area (Å²) in [5, 5.41) is 9.39. The third-order valence-electron chi connectivity index (χ3n) is 3.44. The van der Waals surface area contributed by atoms with Crippen molar-refractivity contribution in [3.63, 3.8) is 0 Å². The lowest BCUT2D eigenvalue weighted by Gasteiger charge is -2.09. The highest BCUT2D eigenvalue weighted by Gasteiger charge is 2.14. The monoisotopic (exact) mass is 391 g/mol. The van der Waals surface area contributed by atoms with Crippen LogP contribution in [-0.4, -0.2) is 21.9 Å². The van der Waals surface area contributed by atoms with E-state index in [1.807, 2.05) is 53.1 Å². The molecular weight excluding hydrogens is 378 g/mol. The number of ether oxygens (including phenoxy) is 1. The Morgan fingerprint density at radius 3 is 2.61 bits per heavy atom. The van der Waals surface area contributed by atoms with Crippen LogP contribution < -0.4 is 0 Å². The maximum atomic E-state index is 6.06. The van der Waals surface area contributed by atoms with Gasteiger partial charge in [-0.25, -0.2) is 0 Å². The molecule has 0 atom stereocenters. The Morgan fingerprint density at radius 1 is 1.13 bits per heavy atom. The third kappa shape index (κ3) is 3.80. The van der Waals surface area contributed by atoms with Gasteiger partial charge in [0, 0.05) is 28.6 Å². The predicted octanol–water partition coefficient (Wildman–Crippen LogP) is 4.56. The van der Waals surface area contributed by atoms with Gasteiger partial charge in [0.2, 0.25) is 0 Å². The van der Waals surface area contributed by atoms with E-state index in [0.29, 0.717) is 18.2 Å². The van der Waals surface area contributed by atoms with E-state index in [-0.39, 0.29) is 0 Å². The molecule has 0 aliphatic carbocycles. The number of nitrogens with zero attached hydrogens (tertiary/aromatic N) is 3. The second-order valence-electron chi connectivity index (χ2n) is 5.10. The van der Waals surface area contributed by atoms with Crippen molar-refractivity contribution < 1.29 is 4.74 Å². The Bertz CT molecular complexity index is 802. The minimum absolute atomic E-state index is 0.397. The van der Waals surface area contributed by atoms with Crippen LogP contribution in [0.4, 0.5) is 0 Å². The van der Waals surface area contributed by atoms with Gasteiger partial charge in [0.05, 0.1) is 0 Å². The molecule has 0 radical (unpaired) electrons. The Balaban J connectivity index is 1.96. The van der Waals surface area contributed by atoms with Crippen molar-refractivity contribution in [2.24, 2.45) is 0 Å². The van der Waals surface area contributed by atoms with Crippen LogP contribution in [0, 0.1) is 0 Å². The Kier molecular flexibility index (Phi) is 5.10. The predicted molar refractivity (Wildman–Crippen MR) is 94.4 cm³/mol. The minimum atomic E-state index is 0.397. The average molecular weight is 393 g/mol. The zero-order valence-electron chi connectivity index (χ0n) is 12.5. The molecule has 0 amide bonds. The Labute approximate surface area is 148 Å². The fraction of sp³-hybridized carbons (Fsp3) is 0.176. The standard InChI is InChI=1S/C17H15BrClN3O/c1-23-11-22-16(10-12-3-2-4-15(19)9-12)20-21-17(22)13-5-7-14(18)8-6-13/h2-9H,10-11H2,1H3. The molecule has 0 N–H and O–H groups in total. The highest BCUT2D eigenvalue weighted by atomic mass is 79.9. The van der Waals surface area contributed by atoms with E-state index in [1.165, 1.54) is 0 Å². The van der Waals surface area contributed by atoms with Crippen LogP contribution in [0.1, 0.15) is 11.4 Å². The zero-order valence-corrected chi connectivity index (χ0v) is 14.9. The molecule has 3 rings (SSSR count). The van der Waals surface area contributed by atoms with Crippen molar-refractivity contribution in [1.82, 2.24) is 14.8 Å². The molecule has 3 aromatic rings. The second-order valence-corrected chi connectivity index (χ2v) is 6.45. The van der Waals surface area contributed by atoms with E-state index in [2.05, 4.69) is 26.1 Å². The van der Waals surface area contributed by atoms with Gasteiger partial charge in [0.15, 0.2) is 5.82 Å². The maximum Gasteiger partial charge on any atom is 0.165 e. The van der Waals surface area contributed by atoms with Crippen molar-refractivity contribution in [2.75, 3.05) is 7.11 Å². The molecule has 0 aliphatic rings. The van der Waals surface area contributed by atoms with Crippen LogP contribution in [0.2, 0.25) is 5.02 Å². The first-order chi connectivity index (χ1) is 11.2. The number of rotatable bonds is 5. The summed E-state index contributed by atoms with van der Waals surface area (Å²) >= 11 is 9.50. The van der Waals surface area contributed by atoms with Gasteiger partial charge in [-0.15, -0.1) is 10.2 Å². The molecule has 4 nitrogen and oxygen atoms in total. The first kappa shape index (κ1) is 16.2. The van der Waals surface area contributed by atoms with Crippen LogP contribution >= 0.6 is 27.5 Å². The lowest BCUT2D eigenvalue weighted by Crippen LogP contribution is -2.08. The van der Waals surface area contributed by atoms with Crippen molar-refractivity contribution in [3.8, 4) is 11.4 Å². The normalized spacial score (nSPS) is 10.9. The summed E-state index contributed by atoms with van der Waals surface area (Å²) in [6, 6.07) is 15.7. The van der Waals surface area contributed by atoms with Gasteiger partial charge >= 0.3 is 0 Å². The molecule has 1 aromatic heterocycles. The summed E-state index contributed by atoms with van der Waals surface area (Å²) in [5.41, 5.74) is 2.08. The summed E-state index contributed by atoms with van der Waals surface area (Å²) in [7, 11) is 1.66. The topological polar surface area (TPSA) is 39.9 Å². The van der Waals surface area contributed by atoms with Gasteiger partial charge in [-0.05, 0) is 29.8 Å². The van der Waals surface area contributed by atoms with Gasteiger partial charge < -0.3 is 4.74 Å². The molecule has 2 aromatic carbocycles. The van der Waals surface area contributed by atoms with Crippen molar-refractivity contribution in [3.05, 3.63) is 69.4 Å². The molecule has 0 unspecified atom stereocenters. The van der Waals surface area contributed by atoms with Crippen LogP contribution in [0.3, 0.4) is 0 Å². The van der Waals surface area contributed by atoms with Crippen molar-refractivity contribution in [2.45, 2.75) is 13.2 Å². The average Bonchev–Trinajstić information content (AvgIpc) is 2.91. The molecule has 0 spiro atoms. The van der Waals surface area contributed by atoms with Gasteiger partial charge in [-0.3, -0.25) is 4.57 Å². The maximum absolute atomic E-state index is 6.06. The van der Waals surface area contributed by atoms with Gasteiger partial charge in [0.1, 0.15) is 12.6 Å². The van der Waals surface area contributed by atoms with E-state index in [4.69, 9.17) is 16.3 Å². The SMILES string of the molecule is COCn1c(Cc2cccc(Cl)c2)nnc1-c1ccc(Br)cc1. The van der Waals surface area contributed by atoms with Crippen molar-refractivity contribution in [1.29, 1.82) is 0 Å². The van der Waals surface area contributed by atoms with Gasteiger partial charge in [0.25, 0.3) is 0 Å². The van der Waals surface area contributed by atoms with Crippen LogP contribution in [0.15, 0.2) is 53.0 Å². The number of hydrogen-bond donors (Lipinski definition) is 0. The smallest absolute Gasteiger partial charge is 0.165 e. The summed E-state index contributed by atoms with van der Waals surface area (Å²) in [6.07, 6.45) is 0.646. The van der Waals surface area contributed by atoms with E-state index in [9.17, 15) is 0 Å². The fourth-order valence-corrected chi connectivity index (χ4v) is 2.85. The van der Waals surface area contributed by atoms with Crippen molar-refractivity contribution >= 4 is 27.5 Å². The molecule has 23 heavy (non-hydrogen) atoms. The van der Waals surface area contributed by atoms with E-state index in [1.54, 1.807) is 7.11 Å². The summed E-state index contributed by atoms with van der Waals surface area (Å²) in [4.78, 5) is 0. The van der Waals surface area contributed by atoms with E-state index in [0.717, 1.165) is 27.2 Å². The summed E-state index contributed by atoms with van der Waals surface area (Å²) in [6.45, 7) is 0.397.